The summed E-state index contributed by atoms with van der Waals surface area (Å²) in [7, 11) is 1.71. The molecule has 0 saturated heterocycles. The third kappa shape index (κ3) is 1.40. The van der Waals surface area contributed by atoms with Gasteiger partial charge in [-0.25, -0.2) is 4.68 Å². The summed E-state index contributed by atoms with van der Waals surface area (Å²) in [4.78, 5) is 3.86. The molecule has 0 bridgehead atoms. The highest BCUT2D eigenvalue weighted by molar-refractivity contribution is 5.38. The van der Waals surface area contributed by atoms with E-state index in [0.29, 0.717) is 11.9 Å². The van der Waals surface area contributed by atoms with Crippen molar-refractivity contribution in [1.82, 2.24) is 14.8 Å². The maximum Gasteiger partial charge on any atom is 0.244 e. The van der Waals surface area contributed by atoms with Gasteiger partial charge in [-0.3, -0.25) is 0 Å². The number of rotatable bonds is 2. The van der Waals surface area contributed by atoms with E-state index in [0.717, 1.165) is 0 Å². The third-order valence-electron chi connectivity index (χ3n) is 1.11. The summed E-state index contributed by atoms with van der Waals surface area (Å²) in [5.41, 5.74) is 10.6. The quantitative estimate of drug-likeness (QED) is 0.523. The molecule has 0 aliphatic heterocycles. The van der Waals surface area contributed by atoms with E-state index in [1.165, 1.54) is 17.1 Å². The van der Waals surface area contributed by atoms with Gasteiger partial charge < -0.3 is 16.8 Å². The van der Waals surface area contributed by atoms with Gasteiger partial charge in [0.25, 0.3) is 0 Å². The van der Waals surface area contributed by atoms with Crippen molar-refractivity contribution < 1.29 is 0 Å². The van der Waals surface area contributed by atoms with Crippen LogP contribution >= 0.6 is 0 Å². The summed E-state index contributed by atoms with van der Waals surface area (Å²) >= 11 is 0. The largest absolute Gasteiger partial charge is 0.403 e. The van der Waals surface area contributed by atoms with Crippen molar-refractivity contribution in [3.05, 3.63) is 6.20 Å². The van der Waals surface area contributed by atoms with Crippen LogP contribution in [0, 0.1) is 0 Å². The molecule has 0 radical (unpaired) electrons. The average Bonchev–Trinajstić information content (AvgIpc) is 2.33. The second-order valence-electron chi connectivity index (χ2n) is 1.83. The fourth-order valence-electron chi connectivity index (χ4n) is 0.632. The first-order valence-corrected chi connectivity index (χ1v) is 3.06. The van der Waals surface area contributed by atoms with E-state index in [1.54, 1.807) is 7.05 Å². The van der Waals surface area contributed by atoms with Gasteiger partial charge in [-0.2, -0.15) is 4.98 Å². The van der Waals surface area contributed by atoms with Gasteiger partial charge in [-0.15, -0.1) is 5.10 Å². The number of nitrogens with zero attached hydrogens (tertiary/aromatic N) is 3. The molecule has 1 aromatic heterocycles. The molecule has 0 aliphatic rings. The Morgan fingerprint density at radius 3 is 2.82 bits per heavy atom. The lowest BCUT2D eigenvalue weighted by Gasteiger charge is -1.89. The molecule has 0 atom stereocenters. The van der Waals surface area contributed by atoms with Crippen LogP contribution in [0.3, 0.4) is 0 Å². The fraction of sp³-hybridized carbons (Fsp3) is 0.200. The molecular formula is C5H10N6. The van der Waals surface area contributed by atoms with Crippen molar-refractivity contribution >= 4 is 18.1 Å². The Bertz CT molecular complexity index is 262. The molecule has 6 nitrogen and oxygen atoms in total. The summed E-state index contributed by atoms with van der Waals surface area (Å²) < 4.78 is 1.38. The number of nitrogens with two attached hydrogens (primary N) is 2. The van der Waals surface area contributed by atoms with Gasteiger partial charge in [0.1, 0.15) is 0 Å². The standard InChI is InChI=1S/C5H10N6/c1-8-5-9-4(7)11(10-5)3-2-6/h2-3H,6H2,1H3,(H3,7,8,9,10)/b3-2-. The predicted octanol–water partition coefficient (Wildman–Crippen LogP) is -0.711. The minimum atomic E-state index is 0.302. The van der Waals surface area contributed by atoms with Crippen molar-refractivity contribution in [2.45, 2.75) is 0 Å². The molecule has 0 fully saturated rings. The second-order valence-corrected chi connectivity index (χ2v) is 1.83. The lowest BCUT2D eigenvalue weighted by Crippen LogP contribution is -1.98. The molecule has 60 valence electrons. The van der Waals surface area contributed by atoms with Crippen LogP contribution < -0.4 is 16.8 Å². The van der Waals surface area contributed by atoms with Gasteiger partial charge in [-0.05, 0) is 0 Å². The molecule has 1 heterocycles. The van der Waals surface area contributed by atoms with E-state index in [4.69, 9.17) is 11.5 Å². The van der Waals surface area contributed by atoms with E-state index in [1.807, 2.05) is 0 Å². The number of hydrogen-bond donors (Lipinski definition) is 3. The first kappa shape index (κ1) is 7.39. The summed E-state index contributed by atoms with van der Waals surface area (Å²) in [6.07, 6.45) is 2.85. The number of hydrogen-bond acceptors (Lipinski definition) is 5. The molecule has 5 N–H and O–H groups in total. The minimum Gasteiger partial charge on any atom is -0.403 e. The third-order valence-corrected chi connectivity index (χ3v) is 1.11. The lowest BCUT2D eigenvalue weighted by atomic mass is 10.9. The van der Waals surface area contributed by atoms with Crippen LogP contribution in [0.15, 0.2) is 6.20 Å². The Hall–Kier alpha value is -1.72. The van der Waals surface area contributed by atoms with E-state index in [2.05, 4.69) is 15.4 Å². The first-order chi connectivity index (χ1) is 5.27. The number of nitrogens with one attached hydrogen (secondary N) is 1. The minimum absolute atomic E-state index is 0.302. The molecule has 11 heavy (non-hydrogen) atoms. The Morgan fingerprint density at radius 1 is 1.64 bits per heavy atom. The van der Waals surface area contributed by atoms with E-state index >= 15 is 0 Å². The SMILES string of the molecule is CNc1nc(N)n(/C=C\N)n1. The van der Waals surface area contributed by atoms with E-state index in [-0.39, 0.29) is 0 Å². The Labute approximate surface area is 63.9 Å². The molecule has 0 spiro atoms. The smallest absolute Gasteiger partial charge is 0.244 e. The van der Waals surface area contributed by atoms with Gasteiger partial charge in [0.05, 0.1) is 0 Å². The molecule has 0 aliphatic carbocycles. The number of nitrogen functional groups attached to an aromatic ring is 1. The zero-order valence-electron chi connectivity index (χ0n) is 6.15. The number of anilines is 2. The highest BCUT2D eigenvalue weighted by Gasteiger charge is 2.00. The highest BCUT2D eigenvalue weighted by atomic mass is 15.4. The van der Waals surface area contributed by atoms with Crippen molar-refractivity contribution in [2.24, 2.45) is 5.73 Å². The second kappa shape index (κ2) is 2.91. The molecule has 6 heteroatoms. The summed E-state index contributed by atoms with van der Waals surface area (Å²) in [6.45, 7) is 0. The van der Waals surface area contributed by atoms with Crippen LogP contribution in [0.1, 0.15) is 0 Å². The molecule has 0 unspecified atom stereocenters. The van der Waals surface area contributed by atoms with Gasteiger partial charge in [-0.1, -0.05) is 0 Å². The van der Waals surface area contributed by atoms with Crippen molar-refractivity contribution in [3.8, 4) is 0 Å². The Morgan fingerprint density at radius 2 is 2.36 bits per heavy atom. The van der Waals surface area contributed by atoms with Crippen LogP contribution in [0.5, 0.6) is 0 Å². The molecule has 0 saturated carbocycles. The van der Waals surface area contributed by atoms with Gasteiger partial charge >= 0.3 is 0 Å². The topological polar surface area (TPSA) is 94.8 Å². The molecule has 0 amide bonds. The molecule has 1 aromatic rings. The summed E-state index contributed by atoms with van der Waals surface area (Å²) in [5.74, 6) is 0.775. The van der Waals surface area contributed by atoms with Gasteiger partial charge in [0, 0.05) is 19.4 Å². The fourth-order valence-corrected chi connectivity index (χ4v) is 0.632. The Balaban J connectivity index is 2.97. The van der Waals surface area contributed by atoms with Crippen LogP contribution in [0.25, 0.3) is 6.20 Å². The van der Waals surface area contributed by atoms with E-state index < -0.39 is 0 Å². The van der Waals surface area contributed by atoms with Crippen LogP contribution in [0.4, 0.5) is 11.9 Å². The Kier molecular flexibility index (Phi) is 1.95. The normalized spacial score (nSPS) is 10.6. The van der Waals surface area contributed by atoms with Gasteiger partial charge in [0.15, 0.2) is 0 Å². The zero-order chi connectivity index (χ0) is 8.27. The van der Waals surface area contributed by atoms with Crippen LogP contribution in [0.2, 0.25) is 0 Å². The lowest BCUT2D eigenvalue weighted by molar-refractivity contribution is 0.945. The highest BCUT2D eigenvalue weighted by Crippen LogP contribution is 2.03. The van der Waals surface area contributed by atoms with E-state index in [9.17, 15) is 0 Å². The average molecular weight is 154 g/mol. The van der Waals surface area contributed by atoms with Crippen LogP contribution in [-0.4, -0.2) is 21.8 Å². The number of aromatic nitrogens is 3. The summed E-state index contributed by atoms with van der Waals surface area (Å²) in [5, 5.41) is 6.67. The first-order valence-electron chi connectivity index (χ1n) is 3.06. The monoisotopic (exact) mass is 154 g/mol. The summed E-state index contributed by atoms with van der Waals surface area (Å²) in [6, 6.07) is 0. The molecular weight excluding hydrogens is 144 g/mol. The zero-order valence-corrected chi connectivity index (χ0v) is 6.15. The van der Waals surface area contributed by atoms with Gasteiger partial charge in [0.2, 0.25) is 11.9 Å². The van der Waals surface area contributed by atoms with Crippen molar-refractivity contribution in [1.29, 1.82) is 0 Å². The van der Waals surface area contributed by atoms with Crippen molar-refractivity contribution in [3.63, 3.8) is 0 Å². The maximum absolute atomic E-state index is 5.45. The van der Waals surface area contributed by atoms with Crippen molar-refractivity contribution in [2.75, 3.05) is 18.1 Å². The van der Waals surface area contributed by atoms with Crippen LogP contribution in [-0.2, 0) is 0 Å². The predicted molar refractivity (Wildman–Crippen MR) is 43.5 cm³/mol. The molecule has 1 rings (SSSR count). The maximum atomic E-state index is 5.45. The molecule has 0 aromatic carbocycles.